The van der Waals surface area contributed by atoms with Crippen molar-refractivity contribution < 1.29 is 4.74 Å². The lowest BCUT2D eigenvalue weighted by molar-refractivity contribution is 0.415. The number of halogens is 1. The van der Waals surface area contributed by atoms with Crippen LogP contribution in [0.5, 0.6) is 5.75 Å². The molecule has 0 fully saturated rings. The number of hydrogen-bond donors (Lipinski definition) is 0. The first kappa shape index (κ1) is 13.0. The van der Waals surface area contributed by atoms with Gasteiger partial charge in [0.1, 0.15) is 5.75 Å². The summed E-state index contributed by atoms with van der Waals surface area (Å²) < 4.78 is 5.19. The highest BCUT2D eigenvalue weighted by Gasteiger charge is 2.12. The minimum Gasteiger partial charge on any atom is -0.497 e. The predicted octanol–water partition coefficient (Wildman–Crippen LogP) is 5.22. The summed E-state index contributed by atoms with van der Waals surface area (Å²) in [7, 11) is 1.68. The van der Waals surface area contributed by atoms with E-state index in [1.807, 2.05) is 24.3 Å². The van der Waals surface area contributed by atoms with E-state index in [2.05, 4.69) is 36.4 Å². The van der Waals surface area contributed by atoms with Gasteiger partial charge in [0.15, 0.2) is 0 Å². The molecule has 0 atom stereocenters. The molecule has 0 bridgehead atoms. The van der Waals surface area contributed by atoms with E-state index in [1.165, 1.54) is 22.3 Å². The van der Waals surface area contributed by atoms with Crippen LogP contribution in [-0.2, 0) is 0 Å². The van der Waals surface area contributed by atoms with Gasteiger partial charge in [-0.15, -0.1) is 0 Å². The second kappa shape index (κ2) is 5.56. The van der Waals surface area contributed by atoms with E-state index in [0.29, 0.717) is 0 Å². The van der Waals surface area contributed by atoms with Gasteiger partial charge < -0.3 is 4.74 Å². The number of rotatable bonds is 3. The molecule has 0 saturated heterocycles. The van der Waals surface area contributed by atoms with Crippen molar-refractivity contribution in [1.29, 1.82) is 0 Å². The van der Waals surface area contributed by atoms with Gasteiger partial charge in [0.25, 0.3) is 0 Å². The van der Waals surface area contributed by atoms with Gasteiger partial charge in [-0.2, -0.15) is 0 Å². The molecule has 0 N–H and O–H groups in total. The van der Waals surface area contributed by atoms with E-state index >= 15 is 0 Å². The maximum atomic E-state index is 5.93. The molecule has 3 rings (SSSR count). The zero-order valence-electron chi connectivity index (χ0n) is 11.3. The normalized spacial score (nSPS) is 13.9. The van der Waals surface area contributed by atoms with Gasteiger partial charge in [0.05, 0.1) is 7.11 Å². The van der Waals surface area contributed by atoms with Crippen LogP contribution in [0.3, 0.4) is 0 Å². The molecule has 1 aliphatic rings. The second-order valence-corrected chi connectivity index (χ2v) is 5.23. The van der Waals surface area contributed by atoms with E-state index in [0.717, 1.165) is 17.2 Å². The van der Waals surface area contributed by atoms with Crippen molar-refractivity contribution in [3.05, 3.63) is 76.8 Å². The minimum absolute atomic E-state index is 0.774. The Hall–Kier alpha value is -1.99. The van der Waals surface area contributed by atoms with Crippen LogP contribution in [0.25, 0.3) is 11.1 Å². The van der Waals surface area contributed by atoms with E-state index in [1.54, 1.807) is 7.11 Å². The highest BCUT2D eigenvalue weighted by molar-refractivity contribution is 6.30. The fourth-order valence-electron chi connectivity index (χ4n) is 2.39. The van der Waals surface area contributed by atoms with Gasteiger partial charge in [-0.3, -0.25) is 0 Å². The summed E-state index contributed by atoms with van der Waals surface area (Å²) in [6.07, 6.45) is 5.32. The lowest BCUT2D eigenvalue weighted by Crippen LogP contribution is -1.86. The molecule has 100 valence electrons. The number of allylic oxidation sites excluding steroid dienone is 4. The Morgan fingerprint density at radius 2 is 1.30 bits per heavy atom. The molecule has 0 saturated carbocycles. The Balaban J connectivity index is 1.75. The van der Waals surface area contributed by atoms with Crippen LogP contribution in [0.2, 0.25) is 5.02 Å². The van der Waals surface area contributed by atoms with Crippen molar-refractivity contribution in [3.8, 4) is 5.75 Å². The van der Waals surface area contributed by atoms with Crippen LogP contribution in [0, 0.1) is 0 Å². The van der Waals surface area contributed by atoms with Gasteiger partial charge in [-0.1, -0.05) is 48.0 Å². The molecule has 0 amide bonds. The molecule has 1 aliphatic carbocycles. The Labute approximate surface area is 124 Å². The summed E-state index contributed by atoms with van der Waals surface area (Å²) in [5, 5.41) is 0.774. The quantitative estimate of drug-likeness (QED) is 0.750. The zero-order valence-corrected chi connectivity index (χ0v) is 12.0. The molecule has 2 aromatic rings. The summed E-state index contributed by atoms with van der Waals surface area (Å²) in [5.74, 6) is 0.887. The van der Waals surface area contributed by atoms with Crippen molar-refractivity contribution in [3.63, 3.8) is 0 Å². The average Bonchev–Trinajstić information content (AvgIpc) is 2.98. The zero-order chi connectivity index (χ0) is 13.9. The summed E-state index contributed by atoms with van der Waals surface area (Å²) >= 11 is 5.93. The van der Waals surface area contributed by atoms with E-state index in [-0.39, 0.29) is 0 Å². The molecule has 0 aliphatic heterocycles. The first-order valence-corrected chi connectivity index (χ1v) is 6.94. The van der Waals surface area contributed by atoms with Gasteiger partial charge in [-0.25, -0.2) is 0 Å². The topological polar surface area (TPSA) is 9.23 Å². The molecule has 2 heteroatoms. The van der Waals surface area contributed by atoms with Crippen molar-refractivity contribution >= 4 is 22.7 Å². The maximum Gasteiger partial charge on any atom is 0.118 e. The summed E-state index contributed by atoms with van der Waals surface area (Å²) in [4.78, 5) is 0. The Morgan fingerprint density at radius 1 is 0.800 bits per heavy atom. The second-order valence-electron chi connectivity index (χ2n) is 4.80. The Kier molecular flexibility index (Phi) is 3.62. The lowest BCUT2D eigenvalue weighted by Gasteiger charge is -2.07. The standard InChI is InChI=1S/C18H15ClO/c1-20-18-10-6-14(7-11-18)16-3-2-15(12-16)13-4-8-17(19)9-5-13/h2-11H,12H2,1H3. The SMILES string of the molecule is COc1ccc(C2=CC=C(c3ccc(Cl)cc3)C2)cc1. The number of hydrogen-bond acceptors (Lipinski definition) is 1. The minimum atomic E-state index is 0.774. The number of benzene rings is 2. The molecule has 0 radical (unpaired) electrons. The fraction of sp³-hybridized carbons (Fsp3) is 0.111. The lowest BCUT2D eigenvalue weighted by atomic mass is 9.99. The average molecular weight is 283 g/mol. The molecule has 2 aromatic carbocycles. The van der Waals surface area contributed by atoms with Gasteiger partial charge in [-0.05, 0) is 53.0 Å². The third-order valence-electron chi connectivity index (χ3n) is 3.54. The maximum absolute atomic E-state index is 5.93. The molecular formula is C18H15ClO. The molecule has 0 heterocycles. The smallest absolute Gasteiger partial charge is 0.118 e. The summed E-state index contributed by atoms with van der Waals surface area (Å²) in [6, 6.07) is 16.2. The third kappa shape index (κ3) is 2.63. The van der Waals surface area contributed by atoms with Crippen molar-refractivity contribution in [1.82, 2.24) is 0 Å². The van der Waals surface area contributed by atoms with Crippen LogP contribution in [-0.4, -0.2) is 7.11 Å². The van der Waals surface area contributed by atoms with Crippen molar-refractivity contribution in [2.45, 2.75) is 6.42 Å². The largest absolute Gasteiger partial charge is 0.497 e. The van der Waals surface area contributed by atoms with Crippen molar-refractivity contribution in [2.24, 2.45) is 0 Å². The van der Waals surface area contributed by atoms with Crippen LogP contribution < -0.4 is 4.74 Å². The van der Waals surface area contributed by atoms with Gasteiger partial charge >= 0.3 is 0 Å². The Morgan fingerprint density at radius 3 is 1.80 bits per heavy atom. The third-order valence-corrected chi connectivity index (χ3v) is 3.79. The van der Waals surface area contributed by atoms with E-state index in [9.17, 15) is 0 Å². The highest BCUT2D eigenvalue weighted by atomic mass is 35.5. The van der Waals surface area contributed by atoms with Crippen molar-refractivity contribution in [2.75, 3.05) is 7.11 Å². The van der Waals surface area contributed by atoms with E-state index in [4.69, 9.17) is 16.3 Å². The Bertz CT molecular complexity index is 664. The van der Waals surface area contributed by atoms with Crippen LogP contribution >= 0.6 is 11.6 Å². The molecule has 0 spiro atoms. The summed E-state index contributed by atoms with van der Waals surface area (Å²) in [6.45, 7) is 0. The van der Waals surface area contributed by atoms with E-state index < -0.39 is 0 Å². The molecule has 1 nitrogen and oxygen atoms in total. The summed E-state index contributed by atoms with van der Waals surface area (Å²) in [5.41, 5.74) is 5.13. The highest BCUT2D eigenvalue weighted by Crippen LogP contribution is 2.34. The monoisotopic (exact) mass is 282 g/mol. The first-order valence-electron chi connectivity index (χ1n) is 6.56. The predicted molar refractivity (Wildman–Crippen MR) is 85.0 cm³/mol. The molecule has 0 unspecified atom stereocenters. The molecule has 0 aromatic heterocycles. The van der Waals surface area contributed by atoms with Gasteiger partial charge in [0, 0.05) is 5.02 Å². The molecule has 20 heavy (non-hydrogen) atoms. The fourth-order valence-corrected chi connectivity index (χ4v) is 2.52. The van der Waals surface area contributed by atoms with Crippen LogP contribution in [0.1, 0.15) is 17.5 Å². The first-order chi connectivity index (χ1) is 9.76. The number of methoxy groups -OCH3 is 1. The van der Waals surface area contributed by atoms with Gasteiger partial charge in [0.2, 0.25) is 0 Å². The molecular weight excluding hydrogens is 268 g/mol. The van der Waals surface area contributed by atoms with Crippen LogP contribution in [0.15, 0.2) is 60.7 Å². The number of ether oxygens (including phenoxy) is 1. The van der Waals surface area contributed by atoms with Crippen LogP contribution in [0.4, 0.5) is 0 Å².